The third-order valence-electron chi connectivity index (χ3n) is 5.61. The number of hydrogen-bond donors (Lipinski definition) is 4. The first-order valence-electron chi connectivity index (χ1n) is 11.3. The van der Waals surface area contributed by atoms with Crippen molar-refractivity contribution in [1.82, 2.24) is 14.5 Å². The van der Waals surface area contributed by atoms with Gasteiger partial charge in [-0.2, -0.15) is 4.72 Å². The van der Waals surface area contributed by atoms with Crippen LogP contribution in [-0.4, -0.2) is 66.1 Å². The highest BCUT2D eigenvalue weighted by atomic mass is 32.2. The van der Waals surface area contributed by atoms with Gasteiger partial charge in [0.1, 0.15) is 17.9 Å². The minimum absolute atomic E-state index is 0.107. The van der Waals surface area contributed by atoms with Gasteiger partial charge < -0.3 is 21.5 Å². The van der Waals surface area contributed by atoms with Gasteiger partial charge in [0, 0.05) is 16.5 Å². The van der Waals surface area contributed by atoms with E-state index in [0.717, 1.165) is 35.8 Å². The summed E-state index contributed by atoms with van der Waals surface area (Å²) >= 11 is 1.08. The van der Waals surface area contributed by atoms with Crippen molar-refractivity contribution in [2.75, 3.05) is 19.5 Å². The Morgan fingerprint density at radius 1 is 1.11 bits per heavy atom. The summed E-state index contributed by atoms with van der Waals surface area (Å²) in [6.45, 7) is -0.688. The number of hydrogen-bond acceptors (Lipinski definition) is 8. The number of nitrogens with one attached hydrogen (secondary N) is 1. The number of carbonyl (C=O) groups is 3. The van der Waals surface area contributed by atoms with E-state index in [1.54, 1.807) is 30.3 Å². The summed E-state index contributed by atoms with van der Waals surface area (Å²) in [6.07, 6.45) is 4.45. The summed E-state index contributed by atoms with van der Waals surface area (Å²) in [5, 5.41) is 10.7. The molecular formula is C24H29N5O6S2. The van der Waals surface area contributed by atoms with Crippen LogP contribution in [0.15, 0.2) is 59.8 Å². The molecule has 13 heteroatoms. The van der Waals surface area contributed by atoms with Gasteiger partial charge in [-0.3, -0.25) is 19.3 Å². The summed E-state index contributed by atoms with van der Waals surface area (Å²) in [6, 6.07) is 14.0. The van der Waals surface area contributed by atoms with Gasteiger partial charge in [-0.25, -0.2) is 8.42 Å². The number of primary amides is 1. The predicted octanol–water partition coefficient (Wildman–Crippen LogP) is 1.08. The van der Waals surface area contributed by atoms with Gasteiger partial charge in [-0.15, -0.1) is 0 Å². The number of aryl methyl sites for hydroxylation is 2. The van der Waals surface area contributed by atoms with Crippen LogP contribution >= 0.6 is 11.8 Å². The minimum Gasteiger partial charge on any atom is -0.480 e. The molecule has 37 heavy (non-hydrogen) atoms. The Hall–Kier alpha value is -3.39. The van der Waals surface area contributed by atoms with Crippen molar-refractivity contribution >= 4 is 39.6 Å². The standard InChI is InChI=1S/C14H18N4O5S2.C10H11NO/c1-25(22,23)16-14-18(9-15)11(8-24-14)17(7-12(19)20)13(21)10-5-3-2-4-6-10;11-10(12)9-5-4-7-2-1-3-8(7)6-9/h2-6,8,14,16H,7,9,15H2,1H3,(H,19,20);4-6H,1-3H2,(H2,11,12). The van der Waals surface area contributed by atoms with Gasteiger partial charge in [0.15, 0.2) is 0 Å². The van der Waals surface area contributed by atoms with E-state index in [2.05, 4.69) is 4.72 Å². The van der Waals surface area contributed by atoms with Crippen molar-refractivity contribution in [1.29, 1.82) is 0 Å². The number of sulfonamides is 1. The number of carboxylic acids is 1. The maximum atomic E-state index is 12.7. The molecule has 1 aliphatic carbocycles. The van der Waals surface area contributed by atoms with Crippen LogP contribution in [0.4, 0.5) is 0 Å². The SMILES string of the molecule is CS(=O)(=O)NC1SC=C(N(CC(=O)O)C(=O)c2ccccc2)N1CN.NC(=O)c1ccc2c(c1)CCC2. The average molecular weight is 548 g/mol. The van der Waals surface area contributed by atoms with E-state index >= 15 is 0 Å². The molecule has 1 heterocycles. The normalized spacial score (nSPS) is 16.3. The lowest BCUT2D eigenvalue weighted by molar-refractivity contribution is -0.137. The van der Waals surface area contributed by atoms with Crippen LogP contribution in [0.1, 0.15) is 38.3 Å². The molecule has 198 valence electrons. The highest BCUT2D eigenvalue weighted by molar-refractivity contribution is 8.03. The zero-order chi connectivity index (χ0) is 27.2. The van der Waals surface area contributed by atoms with Crippen molar-refractivity contribution < 1.29 is 27.9 Å². The monoisotopic (exact) mass is 547 g/mol. The Labute approximate surface area is 219 Å². The molecule has 1 aliphatic heterocycles. The molecule has 0 saturated carbocycles. The molecule has 0 radical (unpaired) electrons. The zero-order valence-corrected chi connectivity index (χ0v) is 21.8. The second-order valence-corrected chi connectivity index (χ2v) is 11.1. The summed E-state index contributed by atoms with van der Waals surface area (Å²) in [5.74, 6) is -1.82. The number of thioether (sulfide) groups is 1. The van der Waals surface area contributed by atoms with E-state index in [0.29, 0.717) is 11.1 Å². The van der Waals surface area contributed by atoms with Crippen LogP contribution in [0.25, 0.3) is 0 Å². The quantitative estimate of drug-likeness (QED) is 0.377. The van der Waals surface area contributed by atoms with Crippen molar-refractivity contribution in [2.45, 2.75) is 24.8 Å². The number of nitrogens with two attached hydrogens (primary N) is 2. The summed E-state index contributed by atoms with van der Waals surface area (Å²) in [7, 11) is -3.52. The van der Waals surface area contributed by atoms with Gasteiger partial charge in [0.05, 0.1) is 12.9 Å². The van der Waals surface area contributed by atoms with Gasteiger partial charge in [0.25, 0.3) is 5.91 Å². The minimum atomic E-state index is -3.52. The molecule has 6 N–H and O–H groups in total. The van der Waals surface area contributed by atoms with Crippen molar-refractivity contribution in [3.8, 4) is 0 Å². The lowest BCUT2D eigenvalue weighted by atomic mass is 10.1. The largest absolute Gasteiger partial charge is 0.480 e. The molecule has 1 atom stereocenters. The van der Waals surface area contributed by atoms with E-state index < -0.39 is 33.9 Å². The van der Waals surface area contributed by atoms with Gasteiger partial charge >= 0.3 is 5.97 Å². The first kappa shape index (κ1) is 28.2. The molecule has 0 spiro atoms. The number of carboxylic acid groups (broad SMARTS) is 1. The third-order valence-corrected chi connectivity index (χ3v) is 7.39. The summed E-state index contributed by atoms with van der Waals surface area (Å²) in [5.41, 5.74) is 13.7. The number of rotatable bonds is 8. The second-order valence-electron chi connectivity index (χ2n) is 8.36. The van der Waals surface area contributed by atoms with E-state index in [-0.39, 0.29) is 18.4 Å². The number of nitrogens with zero attached hydrogens (tertiary/aromatic N) is 2. The highest BCUT2D eigenvalue weighted by Crippen LogP contribution is 2.31. The Morgan fingerprint density at radius 2 is 1.78 bits per heavy atom. The maximum absolute atomic E-state index is 12.7. The molecular weight excluding hydrogens is 518 g/mol. The first-order valence-corrected chi connectivity index (χ1v) is 14.1. The molecule has 2 aromatic rings. The Morgan fingerprint density at radius 3 is 2.38 bits per heavy atom. The smallest absolute Gasteiger partial charge is 0.323 e. The fourth-order valence-electron chi connectivity index (χ4n) is 3.92. The third kappa shape index (κ3) is 7.55. The number of amides is 2. The molecule has 4 rings (SSSR count). The molecule has 2 aromatic carbocycles. The molecule has 0 saturated heterocycles. The van der Waals surface area contributed by atoms with Crippen LogP contribution in [0.5, 0.6) is 0 Å². The molecule has 2 aliphatic rings. The second kappa shape index (κ2) is 12.2. The molecule has 11 nitrogen and oxygen atoms in total. The molecule has 0 aromatic heterocycles. The van der Waals surface area contributed by atoms with E-state index in [9.17, 15) is 22.8 Å². The average Bonchev–Trinajstić information content (AvgIpc) is 3.48. The summed E-state index contributed by atoms with van der Waals surface area (Å²) in [4.78, 5) is 37.2. The lowest BCUT2D eigenvalue weighted by Gasteiger charge is -2.32. The molecule has 0 bridgehead atoms. The number of aliphatic carboxylic acids is 1. The predicted molar refractivity (Wildman–Crippen MR) is 140 cm³/mol. The van der Waals surface area contributed by atoms with Gasteiger partial charge in [0.2, 0.25) is 15.9 Å². The number of carbonyl (C=O) groups excluding carboxylic acids is 2. The van der Waals surface area contributed by atoms with Crippen LogP contribution in [0, 0.1) is 0 Å². The van der Waals surface area contributed by atoms with E-state index in [1.165, 1.54) is 27.9 Å². The summed E-state index contributed by atoms with van der Waals surface area (Å²) < 4.78 is 25.3. The first-order chi connectivity index (χ1) is 17.5. The van der Waals surface area contributed by atoms with Crippen LogP contribution in [0.3, 0.4) is 0 Å². The van der Waals surface area contributed by atoms with Crippen LogP contribution in [-0.2, 0) is 27.7 Å². The van der Waals surface area contributed by atoms with Crippen LogP contribution in [0.2, 0.25) is 0 Å². The van der Waals surface area contributed by atoms with Crippen molar-refractivity contribution in [3.63, 3.8) is 0 Å². The highest BCUT2D eigenvalue weighted by Gasteiger charge is 2.34. The number of benzene rings is 2. The van der Waals surface area contributed by atoms with Gasteiger partial charge in [-0.1, -0.05) is 36.0 Å². The topological polar surface area (TPSA) is 176 Å². The maximum Gasteiger partial charge on any atom is 0.323 e. The zero-order valence-electron chi connectivity index (χ0n) is 20.2. The number of fused-ring (bicyclic) bond motifs is 1. The van der Waals surface area contributed by atoms with Crippen molar-refractivity contribution in [2.24, 2.45) is 11.5 Å². The molecule has 1 unspecified atom stereocenters. The Balaban J connectivity index is 0.000000262. The van der Waals surface area contributed by atoms with Crippen molar-refractivity contribution in [3.05, 3.63) is 82.0 Å². The Bertz CT molecular complexity index is 1300. The molecule has 0 fully saturated rings. The fraction of sp³-hybridized carbons (Fsp3) is 0.292. The van der Waals surface area contributed by atoms with E-state index in [1.807, 2.05) is 18.2 Å². The Kier molecular flexibility index (Phi) is 9.32. The van der Waals surface area contributed by atoms with Crippen LogP contribution < -0.4 is 16.2 Å². The van der Waals surface area contributed by atoms with E-state index in [4.69, 9.17) is 16.6 Å². The fourth-order valence-corrected chi connectivity index (χ4v) is 6.02. The van der Waals surface area contributed by atoms with Gasteiger partial charge in [-0.05, 0) is 54.7 Å². The molecule has 2 amide bonds. The lowest BCUT2D eigenvalue weighted by Crippen LogP contribution is -2.49.